The summed E-state index contributed by atoms with van der Waals surface area (Å²) in [5.74, 6) is 0.183. The van der Waals surface area contributed by atoms with E-state index in [0.29, 0.717) is 31.6 Å². The quantitative estimate of drug-likeness (QED) is 0.848. The molecule has 0 bridgehead atoms. The fraction of sp³-hybridized carbons (Fsp3) is 0.350. The number of carbonyl (C=O) groups is 2. The van der Waals surface area contributed by atoms with E-state index >= 15 is 0 Å². The molecule has 3 heterocycles. The first kappa shape index (κ1) is 15.8. The van der Waals surface area contributed by atoms with Crippen LogP contribution in [0.1, 0.15) is 28.8 Å². The van der Waals surface area contributed by atoms with Gasteiger partial charge in [-0.3, -0.25) is 14.6 Å². The summed E-state index contributed by atoms with van der Waals surface area (Å²) in [7, 11) is 0. The molecule has 5 heteroatoms. The van der Waals surface area contributed by atoms with Gasteiger partial charge in [0.15, 0.2) is 0 Å². The highest BCUT2D eigenvalue weighted by atomic mass is 16.2. The zero-order valence-corrected chi connectivity index (χ0v) is 14.3. The molecule has 2 aliphatic rings. The number of hydrogen-bond acceptors (Lipinski definition) is 3. The van der Waals surface area contributed by atoms with E-state index in [2.05, 4.69) is 4.98 Å². The molecule has 25 heavy (non-hydrogen) atoms. The molecule has 1 spiro atoms. The minimum absolute atomic E-state index is 0.0282. The molecule has 1 atom stereocenters. The molecule has 128 valence electrons. The Balaban J connectivity index is 1.50. The molecule has 2 aromatic rings. The molecule has 2 fully saturated rings. The highest BCUT2D eigenvalue weighted by molar-refractivity contribution is 5.97. The van der Waals surface area contributed by atoms with Crippen molar-refractivity contribution in [1.29, 1.82) is 0 Å². The molecule has 2 amide bonds. The van der Waals surface area contributed by atoms with Gasteiger partial charge in [-0.05, 0) is 37.6 Å². The highest BCUT2D eigenvalue weighted by Gasteiger charge is 2.48. The molecule has 1 aromatic heterocycles. The number of rotatable bonds is 2. The second-order valence-corrected chi connectivity index (χ2v) is 7.20. The predicted molar refractivity (Wildman–Crippen MR) is 95.3 cm³/mol. The van der Waals surface area contributed by atoms with Gasteiger partial charge in [0.1, 0.15) is 0 Å². The molecule has 4 rings (SSSR count). The summed E-state index contributed by atoms with van der Waals surface area (Å²) in [6, 6.07) is 11.5. The SMILES string of the molecule is Cc1ccc(N2C[C@@]3(CCN(C(=O)c4ccncc4)C3)CC2=O)cc1. The normalized spacial score (nSPS) is 22.8. The number of amides is 2. The highest BCUT2D eigenvalue weighted by Crippen LogP contribution is 2.42. The minimum atomic E-state index is -0.120. The first-order valence-electron chi connectivity index (χ1n) is 8.63. The number of aromatic nitrogens is 1. The number of carbonyl (C=O) groups excluding carboxylic acids is 2. The fourth-order valence-corrected chi connectivity index (χ4v) is 3.91. The van der Waals surface area contributed by atoms with Crippen molar-refractivity contribution in [3.8, 4) is 0 Å². The van der Waals surface area contributed by atoms with Gasteiger partial charge < -0.3 is 9.80 Å². The standard InChI is InChI=1S/C20H21N3O2/c1-15-2-4-17(5-3-15)23-14-20(12-18(23)24)8-11-22(13-20)19(25)16-6-9-21-10-7-16/h2-7,9-10H,8,11-14H2,1H3/t20-/m0/s1. The van der Waals surface area contributed by atoms with Crippen LogP contribution in [-0.4, -0.2) is 41.3 Å². The van der Waals surface area contributed by atoms with Crippen molar-refractivity contribution in [2.45, 2.75) is 19.8 Å². The van der Waals surface area contributed by atoms with E-state index in [1.807, 2.05) is 41.0 Å². The van der Waals surface area contributed by atoms with Crippen LogP contribution in [0.15, 0.2) is 48.8 Å². The Kier molecular flexibility index (Phi) is 3.79. The van der Waals surface area contributed by atoms with E-state index in [9.17, 15) is 9.59 Å². The Hall–Kier alpha value is -2.69. The summed E-state index contributed by atoms with van der Waals surface area (Å²) >= 11 is 0. The topological polar surface area (TPSA) is 53.5 Å². The van der Waals surface area contributed by atoms with Crippen LogP contribution in [-0.2, 0) is 4.79 Å². The van der Waals surface area contributed by atoms with Crippen LogP contribution < -0.4 is 4.90 Å². The van der Waals surface area contributed by atoms with Gasteiger partial charge in [-0.1, -0.05) is 17.7 Å². The maximum atomic E-state index is 12.7. The van der Waals surface area contributed by atoms with Crippen molar-refractivity contribution in [3.63, 3.8) is 0 Å². The zero-order chi connectivity index (χ0) is 17.4. The van der Waals surface area contributed by atoms with Crippen LogP contribution in [0.4, 0.5) is 5.69 Å². The molecular formula is C20H21N3O2. The van der Waals surface area contributed by atoms with Gasteiger partial charge in [-0.15, -0.1) is 0 Å². The molecule has 0 unspecified atom stereocenters. The Morgan fingerprint density at radius 1 is 1.08 bits per heavy atom. The van der Waals surface area contributed by atoms with Gasteiger partial charge in [0.05, 0.1) is 0 Å². The second kappa shape index (κ2) is 5.99. The summed E-state index contributed by atoms with van der Waals surface area (Å²) in [5, 5.41) is 0. The van der Waals surface area contributed by atoms with Crippen LogP contribution in [0, 0.1) is 12.3 Å². The number of nitrogens with zero attached hydrogens (tertiary/aromatic N) is 3. The molecule has 2 saturated heterocycles. The Labute approximate surface area is 147 Å². The maximum absolute atomic E-state index is 12.7. The molecular weight excluding hydrogens is 314 g/mol. The van der Waals surface area contributed by atoms with Crippen LogP contribution in [0.3, 0.4) is 0 Å². The third-order valence-corrected chi connectivity index (χ3v) is 5.32. The van der Waals surface area contributed by atoms with Crippen LogP contribution >= 0.6 is 0 Å². The van der Waals surface area contributed by atoms with E-state index in [-0.39, 0.29) is 17.2 Å². The Bertz CT molecular complexity index is 803. The molecule has 1 aromatic carbocycles. The van der Waals surface area contributed by atoms with Gasteiger partial charge in [-0.2, -0.15) is 0 Å². The van der Waals surface area contributed by atoms with Crippen LogP contribution in [0.2, 0.25) is 0 Å². The van der Waals surface area contributed by atoms with Gasteiger partial charge in [0.2, 0.25) is 5.91 Å². The first-order chi connectivity index (χ1) is 12.1. The number of anilines is 1. The molecule has 2 aliphatic heterocycles. The van der Waals surface area contributed by atoms with Crippen molar-refractivity contribution in [2.24, 2.45) is 5.41 Å². The van der Waals surface area contributed by atoms with Crippen LogP contribution in [0.25, 0.3) is 0 Å². The average molecular weight is 335 g/mol. The maximum Gasteiger partial charge on any atom is 0.253 e. The fourth-order valence-electron chi connectivity index (χ4n) is 3.91. The molecule has 0 N–H and O–H groups in total. The Morgan fingerprint density at radius 3 is 2.52 bits per heavy atom. The largest absolute Gasteiger partial charge is 0.338 e. The summed E-state index contributed by atoms with van der Waals surface area (Å²) in [6.07, 6.45) is 4.66. The lowest BCUT2D eigenvalue weighted by Gasteiger charge is -2.24. The van der Waals surface area contributed by atoms with E-state index < -0.39 is 0 Å². The van der Waals surface area contributed by atoms with Gasteiger partial charge in [-0.25, -0.2) is 0 Å². The van der Waals surface area contributed by atoms with E-state index in [1.54, 1.807) is 24.5 Å². The molecule has 5 nitrogen and oxygen atoms in total. The summed E-state index contributed by atoms with van der Waals surface area (Å²) in [6.45, 7) is 4.07. The number of likely N-dealkylation sites (tertiary alicyclic amines) is 1. The Morgan fingerprint density at radius 2 is 1.80 bits per heavy atom. The smallest absolute Gasteiger partial charge is 0.253 e. The van der Waals surface area contributed by atoms with Crippen molar-refractivity contribution in [1.82, 2.24) is 9.88 Å². The second-order valence-electron chi connectivity index (χ2n) is 7.20. The third kappa shape index (κ3) is 2.90. The van der Waals surface area contributed by atoms with Crippen LogP contribution in [0.5, 0.6) is 0 Å². The van der Waals surface area contributed by atoms with E-state index in [1.165, 1.54) is 5.56 Å². The van der Waals surface area contributed by atoms with Crippen molar-refractivity contribution >= 4 is 17.5 Å². The minimum Gasteiger partial charge on any atom is -0.338 e. The zero-order valence-electron chi connectivity index (χ0n) is 14.3. The summed E-state index contributed by atoms with van der Waals surface area (Å²) in [5.41, 5.74) is 2.67. The number of pyridine rings is 1. The summed E-state index contributed by atoms with van der Waals surface area (Å²) in [4.78, 5) is 33.0. The first-order valence-corrected chi connectivity index (χ1v) is 8.63. The lowest BCUT2D eigenvalue weighted by Crippen LogP contribution is -2.34. The van der Waals surface area contributed by atoms with Crippen molar-refractivity contribution in [3.05, 3.63) is 59.9 Å². The number of aryl methyl sites for hydroxylation is 1. The average Bonchev–Trinajstić information content (AvgIpc) is 3.19. The third-order valence-electron chi connectivity index (χ3n) is 5.32. The molecule has 0 aliphatic carbocycles. The molecule has 0 saturated carbocycles. The number of benzene rings is 1. The van der Waals surface area contributed by atoms with Gasteiger partial charge in [0, 0.05) is 55.1 Å². The number of hydrogen-bond donors (Lipinski definition) is 0. The van der Waals surface area contributed by atoms with E-state index in [4.69, 9.17) is 0 Å². The van der Waals surface area contributed by atoms with Gasteiger partial charge in [0.25, 0.3) is 5.91 Å². The lowest BCUT2D eigenvalue weighted by atomic mass is 9.86. The predicted octanol–water partition coefficient (Wildman–Crippen LogP) is 2.66. The van der Waals surface area contributed by atoms with Crippen molar-refractivity contribution in [2.75, 3.05) is 24.5 Å². The monoisotopic (exact) mass is 335 g/mol. The summed E-state index contributed by atoms with van der Waals surface area (Å²) < 4.78 is 0. The molecule has 0 radical (unpaired) electrons. The van der Waals surface area contributed by atoms with Gasteiger partial charge >= 0.3 is 0 Å². The van der Waals surface area contributed by atoms with Crippen molar-refractivity contribution < 1.29 is 9.59 Å². The lowest BCUT2D eigenvalue weighted by molar-refractivity contribution is -0.117. The van der Waals surface area contributed by atoms with E-state index in [0.717, 1.165) is 12.1 Å².